The van der Waals surface area contributed by atoms with Gasteiger partial charge in [-0.25, -0.2) is 0 Å². The number of benzene rings is 1. The van der Waals surface area contributed by atoms with Crippen LogP contribution in [-0.4, -0.2) is 29.0 Å². The van der Waals surface area contributed by atoms with Gasteiger partial charge in [0, 0.05) is 24.4 Å². The van der Waals surface area contributed by atoms with Gasteiger partial charge in [-0.15, -0.1) is 0 Å². The van der Waals surface area contributed by atoms with Crippen LogP contribution in [0.3, 0.4) is 0 Å². The number of hydrogen-bond acceptors (Lipinski definition) is 7. The third-order valence-electron chi connectivity index (χ3n) is 5.46. The first-order valence-corrected chi connectivity index (χ1v) is 10.1. The van der Waals surface area contributed by atoms with Crippen molar-refractivity contribution < 1.29 is 13.6 Å². The summed E-state index contributed by atoms with van der Waals surface area (Å²) in [7, 11) is 0. The summed E-state index contributed by atoms with van der Waals surface area (Å²) in [5.41, 5.74) is 1.80. The van der Waals surface area contributed by atoms with E-state index in [0.29, 0.717) is 43.3 Å². The summed E-state index contributed by atoms with van der Waals surface area (Å²) in [6, 6.07) is 15.3. The monoisotopic (exact) mass is 413 g/mol. The fraction of sp³-hybridized carbons (Fsp3) is 0.217. The molecule has 0 atom stereocenters. The number of oxazole rings is 1. The minimum Gasteiger partial charge on any atom is -0.459 e. The van der Waals surface area contributed by atoms with Crippen molar-refractivity contribution in [2.45, 2.75) is 12.8 Å². The number of rotatable bonds is 4. The first-order valence-electron chi connectivity index (χ1n) is 10.1. The molecule has 0 unspecified atom stereocenters. The number of pyridine rings is 1. The first-order chi connectivity index (χ1) is 15.2. The number of amides is 1. The van der Waals surface area contributed by atoms with E-state index in [1.165, 1.54) is 6.26 Å². The average Bonchev–Trinajstić information content (AvgIpc) is 3.49. The van der Waals surface area contributed by atoms with E-state index in [9.17, 15) is 10.1 Å². The highest BCUT2D eigenvalue weighted by Gasteiger charge is 2.29. The molecular formula is C23H19N5O3. The maximum Gasteiger partial charge on any atom is 0.266 e. The Kier molecular flexibility index (Phi) is 4.84. The third-order valence-corrected chi connectivity index (χ3v) is 5.46. The number of fused-ring (bicyclic) bond motifs is 1. The number of nitriles is 1. The highest BCUT2D eigenvalue weighted by molar-refractivity contribution is 5.94. The predicted octanol–water partition coefficient (Wildman–Crippen LogP) is 4.21. The summed E-state index contributed by atoms with van der Waals surface area (Å²) in [4.78, 5) is 23.4. The second-order valence-electron chi connectivity index (χ2n) is 7.43. The minimum absolute atomic E-state index is 0.0221. The molecule has 1 saturated heterocycles. The normalized spacial score (nSPS) is 14.5. The van der Waals surface area contributed by atoms with Crippen LogP contribution in [0, 0.1) is 17.2 Å². The van der Waals surface area contributed by atoms with Gasteiger partial charge in [-0.05, 0) is 37.1 Å². The molecule has 8 nitrogen and oxygen atoms in total. The molecule has 4 heterocycles. The van der Waals surface area contributed by atoms with Crippen molar-refractivity contribution in [3.8, 4) is 17.7 Å². The molecule has 1 aliphatic heterocycles. The van der Waals surface area contributed by atoms with Crippen molar-refractivity contribution in [1.29, 1.82) is 5.26 Å². The van der Waals surface area contributed by atoms with Crippen molar-refractivity contribution in [3.63, 3.8) is 0 Å². The van der Waals surface area contributed by atoms with Crippen LogP contribution < -0.4 is 10.2 Å². The fourth-order valence-corrected chi connectivity index (χ4v) is 3.83. The average molecular weight is 413 g/mol. The maximum absolute atomic E-state index is 12.8. The van der Waals surface area contributed by atoms with Gasteiger partial charge in [0.2, 0.25) is 17.5 Å². The van der Waals surface area contributed by atoms with Gasteiger partial charge in [0.25, 0.3) is 5.89 Å². The third kappa shape index (κ3) is 3.73. The van der Waals surface area contributed by atoms with Crippen LogP contribution in [0.5, 0.6) is 0 Å². The standard InChI is InChI=1S/C23H19N5O3/c24-13-19-23(31-22(27-19)20-6-3-11-30-20)28-9-7-15(8-10-28)21(29)26-17-12-16-4-1-2-5-18(16)25-14-17/h1-6,11-12,14-15H,7-10H2,(H,26,29). The van der Waals surface area contributed by atoms with Gasteiger partial charge >= 0.3 is 0 Å². The van der Waals surface area contributed by atoms with E-state index in [0.717, 1.165) is 10.9 Å². The minimum atomic E-state index is -0.124. The summed E-state index contributed by atoms with van der Waals surface area (Å²) in [5.74, 6) is 1.03. The van der Waals surface area contributed by atoms with Gasteiger partial charge in [-0.3, -0.25) is 9.78 Å². The lowest BCUT2D eigenvalue weighted by Crippen LogP contribution is -2.38. The van der Waals surface area contributed by atoms with Crippen LogP contribution in [0.4, 0.5) is 11.6 Å². The number of hydrogen-bond donors (Lipinski definition) is 1. The Morgan fingerprint density at radius 1 is 1.19 bits per heavy atom. The first kappa shape index (κ1) is 18.9. The van der Waals surface area contributed by atoms with E-state index >= 15 is 0 Å². The van der Waals surface area contributed by atoms with Crippen molar-refractivity contribution in [3.05, 3.63) is 60.6 Å². The SMILES string of the molecule is N#Cc1nc(-c2ccco2)oc1N1CCC(C(=O)Nc2cnc3ccccc3c2)CC1. The summed E-state index contributed by atoms with van der Waals surface area (Å²) < 4.78 is 11.1. The number of para-hydroxylation sites is 1. The van der Waals surface area contributed by atoms with Crippen molar-refractivity contribution in [2.75, 3.05) is 23.3 Å². The number of anilines is 2. The number of nitrogens with one attached hydrogen (secondary N) is 1. The molecule has 1 N–H and O–H groups in total. The van der Waals surface area contributed by atoms with Crippen molar-refractivity contribution in [1.82, 2.24) is 9.97 Å². The molecule has 1 fully saturated rings. The van der Waals surface area contributed by atoms with Crippen LogP contribution in [0.15, 0.2) is 63.8 Å². The van der Waals surface area contributed by atoms with Gasteiger partial charge in [0.1, 0.15) is 6.07 Å². The lowest BCUT2D eigenvalue weighted by atomic mass is 9.96. The molecule has 1 amide bonds. The van der Waals surface area contributed by atoms with Gasteiger partial charge in [0.05, 0.1) is 23.7 Å². The van der Waals surface area contributed by atoms with Crippen LogP contribution >= 0.6 is 0 Å². The lowest BCUT2D eigenvalue weighted by molar-refractivity contribution is -0.120. The number of piperidine rings is 1. The maximum atomic E-state index is 12.8. The van der Waals surface area contributed by atoms with E-state index < -0.39 is 0 Å². The summed E-state index contributed by atoms with van der Waals surface area (Å²) in [6.45, 7) is 1.19. The molecule has 31 heavy (non-hydrogen) atoms. The highest BCUT2D eigenvalue weighted by atomic mass is 16.4. The smallest absolute Gasteiger partial charge is 0.266 e. The fourth-order valence-electron chi connectivity index (χ4n) is 3.83. The highest BCUT2D eigenvalue weighted by Crippen LogP contribution is 2.31. The summed E-state index contributed by atoms with van der Waals surface area (Å²) >= 11 is 0. The number of carbonyl (C=O) groups is 1. The molecule has 0 spiro atoms. The van der Waals surface area contributed by atoms with E-state index in [1.54, 1.807) is 18.3 Å². The zero-order valence-electron chi connectivity index (χ0n) is 16.6. The Bertz CT molecular complexity index is 1260. The van der Waals surface area contributed by atoms with Crippen LogP contribution in [0.25, 0.3) is 22.6 Å². The molecule has 5 rings (SSSR count). The van der Waals surface area contributed by atoms with E-state index in [1.807, 2.05) is 35.2 Å². The van der Waals surface area contributed by atoms with E-state index in [-0.39, 0.29) is 23.4 Å². The molecule has 4 aromatic rings. The molecule has 1 aromatic carbocycles. The topological polar surface area (TPSA) is 108 Å². The second kappa shape index (κ2) is 7.95. The predicted molar refractivity (Wildman–Crippen MR) is 114 cm³/mol. The number of nitrogens with zero attached hydrogens (tertiary/aromatic N) is 4. The summed E-state index contributed by atoms with van der Waals surface area (Å²) in [6.07, 6.45) is 4.50. The Labute approximate surface area is 178 Å². The lowest BCUT2D eigenvalue weighted by Gasteiger charge is -2.30. The summed E-state index contributed by atoms with van der Waals surface area (Å²) in [5, 5.41) is 13.4. The van der Waals surface area contributed by atoms with Gasteiger partial charge in [-0.1, -0.05) is 18.2 Å². The zero-order valence-corrected chi connectivity index (χ0v) is 16.6. The molecule has 1 aliphatic rings. The Hall–Kier alpha value is -4.12. The Morgan fingerprint density at radius 2 is 2.03 bits per heavy atom. The van der Waals surface area contributed by atoms with Gasteiger partial charge in [-0.2, -0.15) is 10.2 Å². The molecule has 154 valence electrons. The molecule has 8 heteroatoms. The molecule has 0 saturated carbocycles. The molecule has 0 radical (unpaired) electrons. The molecule has 3 aromatic heterocycles. The molecule has 0 aliphatic carbocycles. The van der Waals surface area contributed by atoms with E-state index in [4.69, 9.17) is 8.83 Å². The van der Waals surface area contributed by atoms with Gasteiger partial charge < -0.3 is 19.1 Å². The van der Waals surface area contributed by atoms with E-state index in [2.05, 4.69) is 21.4 Å². The second-order valence-corrected chi connectivity index (χ2v) is 7.43. The zero-order chi connectivity index (χ0) is 21.2. The largest absolute Gasteiger partial charge is 0.459 e. The van der Waals surface area contributed by atoms with Crippen LogP contribution in [0.1, 0.15) is 18.5 Å². The molecule has 0 bridgehead atoms. The quantitative estimate of drug-likeness (QED) is 0.534. The number of aromatic nitrogens is 2. The van der Waals surface area contributed by atoms with Gasteiger partial charge in [0.15, 0.2) is 5.76 Å². The Balaban J connectivity index is 1.25. The van der Waals surface area contributed by atoms with Crippen LogP contribution in [-0.2, 0) is 4.79 Å². The van der Waals surface area contributed by atoms with Crippen molar-refractivity contribution in [2.24, 2.45) is 5.92 Å². The van der Waals surface area contributed by atoms with Crippen LogP contribution in [0.2, 0.25) is 0 Å². The van der Waals surface area contributed by atoms with Crippen molar-refractivity contribution >= 4 is 28.4 Å². The Morgan fingerprint density at radius 3 is 2.81 bits per heavy atom. The number of furan rings is 1. The molecular weight excluding hydrogens is 394 g/mol. The number of carbonyl (C=O) groups excluding carboxylic acids is 1.